The Labute approximate surface area is 167 Å². The van der Waals surface area contributed by atoms with Gasteiger partial charge in [-0.3, -0.25) is 15.0 Å². The van der Waals surface area contributed by atoms with E-state index in [2.05, 4.69) is 10.2 Å². The van der Waals surface area contributed by atoms with E-state index < -0.39 is 29.5 Å². The van der Waals surface area contributed by atoms with Crippen LogP contribution in [-0.4, -0.2) is 28.7 Å². The summed E-state index contributed by atoms with van der Waals surface area (Å²) in [5.41, 5.74) is 3.39. The number of alkyl halides is 3. The minimum atomic E-state index is -4.82. The highest BCUT2D eigenvalue weighted by Crippen LogP contribution is 2.24. The molecule has 5 nitrogen and oxygen atoms in total. The second-order valence-corrected chi connectivity index (χ2v) is 7.37. The van der Waals surface area contributed by atoms with Gasteiger partial charge < -0.3 is 4.74 Å². The molecule has 0 saturated heterocycles. The number of hydrazine groups is 1. The van der Waals surface area contributed by atoms with Crippen LogP contribution in [0.1, 0.15) is 54.0 Å². The van der Waals surface area contributed by atoms with Gasteiger partial charge in [-0.2, -0.15) is 0 Å². The number of benzene rings is 2. The summed E-state index contributed by atoms with van der Waals surface area (Å²) in [6, 6.07) is 11.5. The minimum absolute atomic E-state index is 0.107. The molecule has 1 N–H and O–H groups in total. The fraction of sp³-hybridized carbons (Fsp3) is 0.333. The Morgan fingerprint density at radius 1 is 0.931 bits per heavy atom. The summed E-state index contributed by atoms with van der Waals surface area (Å²) in [5.74, 6) is -1.46. The van der Waals surface area contributed by atoms with Gasteiger partial charge >= 0.3 is 6.36 Å². The zero-order chi connectivity index (χ0) is 21.8. The van der Waals surface area contributed by atoms with Crippen LogP contribution in [0.5, 0.6) is 5.75 Å². The van der Waals surface area contributed by atoms with Crippen LogP contribution in [0.4, 0.5) is 13.2 Å². The van der Waals surface area contributed by atoms with Crippen molar-refractivity contribution in [3.63, 3.8) is 0 Å². The molecule has 29 heavy (non-hydrogen) atoms. The third kappa shape index (κ3) is 6.23. The van der Waals surface area contributed by atoms with Crippen LogP contribution < -0.4 is 10.2 Å². The Hall–Kier alpha value is -3.03. The van der Waals surface area contributed by atoms with Crippen LogP contribution in [0.3, 0.4) is 0 Å². The van der Waals surface area contributed by atoms with Gasteiger partial charge in [0.05, 0.1) is 5.54 Å². The number of halogens is 3. The lowest BCUT2D eigenvalue weighted by atomic mass is 10.1. The van der Waals surface area contributed by atoms with Gasteiger partial charge in [0, 0.05) is 11.1 Å². The fourth-order valence-corrected chi connectivity index (χ4v) is 2.51. The first-order valence-electron chi connectivity index (χ1n) is 9.01. The first-order chi connectivity index (χ1) is 13.4. The number of carbonyl (C=O) groups is 2. The number of nitrogens with zero attached hydrogens (tertiary/aromatic N) is 1. The summed E-state index contributed by atoms with van der Waals surface area (Å²) in [5, 5.41) is 1.16. The van der Waals surface area contributed by atoms with Crippen LogP contribution in [0.15, 0.2) is 48.5 Å². The second-order valence-electron chi connectivity index (χ2n) is 7.37. The van der Waals surface area contributed by atoms with E-state index in [4.69, 9.17) is 0 Å². The number of nitrogens with one attached hydrogen (secondary N) is 1. The maximum Gasteiger partial charge on any atom is 0.573 e. The third-order valence-corrected chi connectivity index (χ3v) is 4.05. The standard InChI is InChI=1S/C21H23F3N2O3/c1-5-14-6-8-15(9-7-14)18(27)25-26(20(2,3)4)19(28)16-10-12-17(13-11-16)29-21(22,23)24/h6-13H,5H2,1-4H3,(H,25,27). The number of hydrogen-bond acceptors (Lipinski definition) is 3. The topological polar surface area (TPSA) is 58.6 Å². The molecule has 2 aromatic rings. The highest BCUT2D eigenvalue weighted by molar-refractivity contribution is 5.99. The Balaban J connectivity index is 2.20. The number of carbonyl (C=O) groups excluding carboxylic acids is 2. The van der Waals surface area contributed by atoms with Crippen molar-refractivity contribution in [2.75, 3.05) is 0 Å². The first-order valence-corrected chi connectivity index (χ1v) is 9.01. The number of hydrogen-bond donors (Lipinski definition) is 1. The monoisotopic (exact) mass is 408 g/mol. The van der Waals surface area contributed by atoms with Crippen molar-refractivity contribution in [3.05, 3.63) is 65.2 Å². The average molecular weight is 408 g/mol. The van der Waals surface area contributed by atoms with Crippen molar-refractivity contribution in [3.8, 4) is 5.75 Å². The number of ether oxygens (including phenoxy) is 1. The van der Waals surface area contributed by atoms with Gasteiger partial charge in [0.15, 0.2) is 0 Å². The summed E-state index contributed by atoms with van der Waals surface area (Å²) in [7, 11) is 0. The molecule has 0 unspecified atom stereocenters. The summed E-state index contributed by atoms with van der Waals surface area (Å²) in [6.07, 6.45) is -3.98. The molecule has 0 bridgehead atoms. The highest BCUT2D eigenvalue weighted by atomic mass is 19.4. The van der Waals surface area contributed by atoms with E-state index >= 15 is 0 Å². The number of rotatable bonds is 4. The van der Waals surface area contributed by atoms with Gasteiger partial charge in [0.2, 0.25) is 0 Å². The number of aryl methyl sites for hydroxylation is 1. The van der Waals surface area contributed by atoms with E-state index in [1.807, 2.05) is 19.1 Å². The highest BCUT2D eigenvalue weighted by Gasteiger charge is 2.32. The molecule has 0 radical (unpaired) electrons. The molecular formula is C21H23F3N2O3. The molecule has 2 rings (SSSR count). The zero-order valence-corrected chi connectivity index (χ0v) is 16.6. The van der Waals surface area contributed by atoms with Crippen molar-refractivity contribution >= 4 is 11.8 Å². The molecule has 0 saturated carbocycles. The Bertz CT molecular complexity index is 855. The van der Waals surface area contributed by atoms with Gasteiger partial charge in [-0.1, -0.05) is 19.1 Å². The third-order valence-electron chi connectivity index (χ3n) is 4.05. The minimum Gasteiger partial charge on any atom is -0.406 e. The van der Waals surface area contributed by atoms with E-state index in [-0.39, 0.29) is 5.56 Å². The molecule has 0 spiro atoms. The molecule has 0 aromatic heterocycles. The molecule has 2 aromatic carbocycles. The second kappa shape index (κ2) is 8.55. The first kappa shape index (κ1) is 22.3. The lowest BCUT2D eigenvalue weighted by molar-refractivity contribution is -0.274. The molecule has 0 fully saturated rings. The van der Waals surface area contributed by atoms with Gasteiger partial charge in [0.25, 0.3) is 11.8 Å². The summed E-state index contributed by atoms with van der Waals surface area (Å²) < 4.78 is 40.7. The van der Waals surface area contributed by atoms with Crippen molar-refractivity contribution in [2.24, 2.45) is 0 Å². The maximum atomic E-state index is 12.9. The average Bonchev–Trinajstić information content (AvgIpc) is 2.64. The van der Waals surface area contributed by atoms with Crippen LogP contribution >= 0.6 is 0 Å². The quantitative estimate of drug-likeness (QED) is 0.744. The lowest BCUT2D eigenvalue weighted by Crippen LogP contribution is -2.55. The lowest BCUT2D eigenvalue weighted by Gasteiger charge is -2.35. The predicted octanol–water partition coefficient (Wildman–Crippen LogP) is 4.73. The Morgan fingerprint density at radius 3 is 1.90 bits per heavy atom. The molecular weight excluding hydrogens is 385 g/mol. The molecule has 0 atom stereocenters. The van der Waals surface area contributed by atoms with Gasteiger partial charge in [-0.15, -0.1) is 13.2 Å². The van der Waals surface area contributed by atoms with Gasteiger partial charge in [-0.05, 0) is 69.2 Å². The summed E-state index contributed by atoms with van der Waals surface area (Å²) >= 11 is 0. The zero-order valence-electron chi connectivity index (χ0n) is 16.6. The normalized spacial score (nSPS) is 11.7. The van der Waals surface area contributed by atoms with Crippen LogP contribution in [-0.2, 0) is 6.42 Å². The molecule has 0 aliphatic rings. The Kier molecular flexibility index (Phi) is 6.56. The molecule has 2 amide bonds. The molecule has 0 aliphatic carbocycles. The summed E-state index contributed by atoms with van der Waals surface area (Å²) in [4.78, 5) is 25.5. The summed E-state index contributed by atoms with van der Waals surface area (Å²) in [6.45, 7) is 7.19. The number of amides is 2. The van der Waals surface area contributed by atoms with Gasteiger partial charge in [0.1, 0.15) is 5.75 Å². The van der Waals surface area contributed by atoms with Crippen molar-refractivity contribution in [1.82, 2.24) is 10.4 Å². The van der Waals surface area contributed by atoms with E-state index in [0.29, 0.717) is 5.56 Å². The maximum absolute atomic E-state index is 12.9. The molecule has 8 heteroatoms. The SMILES string of the molecule is CCc1ccc(C(=O)NN(C(=O)c2ccc(OC(F)(F)F)cc2)C(C)(C)C)cc1. The van der Waals surface area contributed by atoms with E-state index in [1.54, 1.807) is 32.9 Å². The smallest absolute Gasteiger partial charge is 0.406 e. The van der Waals surface area contributed by atoms with E-state index in [1.165, 1.54) is 12.1 Å². The van der Waals surface area contributed by atoms with Crippen LogP contribution in [0.25, 0.3) is 0 Å². The van der Waals surface area contributed by atoms with Crippen LogP contribution in [0.2, 0.25) is 0 Å². The molecule has 0 aliphatic heterocycles. The van der Waals surface area contributed by atoms with Gasteiger partial charge in [-0.25, -0.2) is 5.01 Å². The predicted molar refractivity (Wildman–Crippen MR) is 102 cm³/mol. The van der Waals surface area contributed by atoms with E-state index in [0.717, 1.165) is 29.1 Å². The fourth-order valence-electron chi connectivity index (χ4n) is 2.51. The van der Waals surface area contributed by atoms with Crippen molar-refractivity contribution in [2.45, 2.75) is 46.0 Å². The molecule has 156 valence electrons. The van der Waals surface area contributed by atoms with Crippen molar-refractivity contribution in [1.29, 1.82) is 0 Å². The Morgan fingerprint density at radius 2 is 1.45 bits per heavy atom. The van der Waals surface area contributed by atoms with E-state index in [9.17, 15) is 22.8 Å². The van der Waals surface area contributed by atoms with Crippen LogP contribution in [0, 0.1) is 0 Å². The van der Waals surface area contributed by atoms with Crippen molar-refractivity contribution < 1.29 is 27.5 Å². The largest absolute Gasteiger partial charge is 0.573 e. The molecule has 0 heterocycles.